The van der Waals surface area contributed by atoms with Gasteiger partial charge in [0.05, 0.1) is 10.9 Å². The highest BCUT2D eigenvalue weighted by Gasteiger charge is 2.32. The number of carbonyl (C=O) groups excluding carboxylic acids is 1. The molecule has 1 aliphatic heterocycles. The molecule has 0 aliphatic carbocycles. The number of carbonyl (C=O) groups is 1. The molecule has 1 heterocycles. The van der Waals surface area contributed by atoms with E-state index in [0.29, 0.717) is 31.0 Å². The third kappa shape index (κ3) is 4.74. The van der Waals surface area contributed by atoms with Crippen LogP contribution in [-0.2, 0) is 14.8 Å². The molecule has 28 heavy (non-hydrogen) atoms. The van der Waals surface area contributed by atoms with Crippen LogP contribution in [0.5, 0.6) is 0 Å². The lowest BCUT2D eigenvalue weighted by molar-refractivity contribution is -0.126. The van der Waals surface area contributed by atoms with Gasteiger partial charge in [-0.05, 0) is 49.1 Å². The zero-order valence-corrected chi connectivity index (χ0v) is 17.4. The van der Waals surface area contributed by atoms with E-state index in [1.807, 2.05) is 37.3 Å². The van der Waals surface area contributed by atoms with E-state index >= 15 is 0 Å². The third-order valence-corrected chi connectivity index (χ3v) is 7.37. The first kappa shape index (κ1) is 20.8. The number of amides is 1. The van der Waals surface area contributed by atoms with Gasteiger partial charge in [-0.2, -0.15) is 4.31 Å². The molecular formula is C21H25ClN2O3S. The van der Waals surface area contributed by atoms with Crippen LogP contribution in [0.2, 0.25) is 5.02 Å². The highest BCUT2D eigenvalue weighted by atomic mass is 35.5. The standard InChI is InChI=1S/C21H25ClN2O3S/c1-2-20(16-6-4-3-5-7-16)23-21(25)17-12-14-24(15-13-17)28(26,27)19-10-8-18(22)9-11-19/h3-11,17,20H,2,12-15H2,1H3,(H,23,25)/t20-/m0/s1. The molecule has 1 N–H and O–H groups in total. The van der Waals surface area contributed by atoms with Gasteiger partial charge in [0, 0.05) is 24.0 Å². The summed E-state index contributed by atoms with van der Waals surface area (Å²) in [6.07, 6.45) is 1.84. The predicted octanol–water partition coefficient (Wildman–Crippen LogP) is 4.01. The summed E-state index contributed by atoms with van der Waals surface area (Å²) < 4.78 is 27.0. The van der Waals surface area contributed by atoms with Crippen molar-refractivity contribution in [2.24, 2.45) is 5.92 Å². The van der Waals surface area contributed by atoms with Gasteiger partial charge in [-0.25, -0.2) is 8.42 Å². The molecule has 1 atom stereocenters. The van der Waals surface area contributed by atoms with Crippen LogP contribution in [-0.4, -0.2) is 31.7 Å². The summed E-state index contributed by atoms with van der Waals surface area (Å²) in [6, 6.07) is 16.1. The van der Waals surface area contributed by atoms with Gasteiger partial charge in [0.1, 0.15) is 0 Å². The topological polar surface area (TPSA) is 66.5 Å². The summed E-state index contributed by atoms with van der Waals surface area (Å²) in [4.78, 5) is 12.9. The van der Waals surface area contributed by atoms with Gasteiger partial charge in [0.2, 0.25) is 15.9 Å². The molecule has 5 nitrogen and oxygen atoms in total. The maximum absolute atomic E-state index is 12.8. The van der Waals surface area contributed by atoms with Gasteiger partial charge < -0.3 is 5.32 Å². The van der Waals surface area contributed by atoms with Crippen molar-refractivity contribution in [2.45, 2.75) is 37.1 Å². The first-order valence-corrected chi connectivity index (χ1v) is 11.3. The Bertz CT molecular complexity index is 893. The average Bonchev–Trinajstić information content (AvgIpc) is 2.73. The van der Waals surface area contributed by atoms with Crippen LogP contribution in [0.15, 0.2) is 59.5 Å². The van der Waals surface area contributed by atoms with E-state index in [9.17, 15) is 13.2 Å². The van der Waals surface area contributed by atoms with Crippen LogP contribution in [0, 0.1) is 5.92 Å². The Morgan fingerprint density at radius 2 is 1.71 bits per heavy atom. The van der Waals surface area contributed by atoms with E-state index in [0.717, 1.165) is 12.0 Å². The van der Waals surface area contributed by atoms with Crippen molar-refractivity contribution in [1.82, 2.24) is 9.62 Å². The zero-order chi connectivity index (χ0) is 20.1. The molecule has 0 spiro atoms. The Morgan fingerprint density at radius 3 is 2.29 bits per heavy atom. The fourth-order valence-corrected chi connectivity index (χ4v) is 5.11. The van der Waals surface area contributed by atoms with Crippen molar-refractivity contribution >= 4 is 27.5 Å². The van der Waals surface area contributed by atoms with Crippen LogP contribution in [0.4, 0.5) is 0 Å². The van der Waals surface area contributed by atoms with Gasteiger partial charge >= 0.3 is 0 Å². The van der Waals surface area contributed by atoms with Crippen molar-refractivity contribution in [3.8, 4) is 0 Å². The van der Waals surface area contributed by atoms with E-state index in [4.69, 9.17) is 11.6 Å². The molecule has 0 aromatic heterocycles. The number of nitrogens with one attached hydrogen (secondary N) is 1. The predicted molar refractivity (Wildman–Crippen MR) is 111 cm³/mol. The molecule has 0 radical (unpaired) electrons. The minimum atomic E-state index is -3.56. The van der Waals surface area contributed by atoms with Crippen LogP contribution < -0.4 is 5.32 Å². The number of sulfonamides is 1. The fourth-order valence-electron chi connectivity index (χ4n) is 3.51. The van der Waals surface area contributed by atoms with Gasteiger partial charge in [-0.15, -0.1) is 0 Å². The van der Waals surface area contributed by atoms with Gasteiger partial charge in [0.15, 0.2) is 0 Å². The SMILES string of the molecule is CC[C@H](NC(=O)C1CCN(S(=O)(=O)c2ccc(Cl)cc2)CC1)c1ccccc1. The van der Waals surface area contributed by atoms with Crippen molar-refractivity contribution in [3.05, 3.63) is 65.2 Å². The molecule has 1 saturated heterocycles. The smallest absolute Gasteiger partial charge is 0.243 e. The van der Waals surface area contributed by atoms with Crippen LogP contribution >= 0.6 is 11.6 Å². The van der Waals surface area contributed by atoms with Gasteiger partial charge in [0.25, 0.3) is 0 Å². The highest BCUT2D eigenvalue weighted by molar-refractivity contribution is 7.89. The third-order valence-electron chi connectivity index (χ3n) is 5.20. The summed E-state index contributed by atoms with van der Waals surface area (Å²) >= 11 is 5.85. The van der Waals surface area contributed by atoms with Crippen LogP contribution in [0.3, 0.4) is 0 Å². The molecule has 0 bridgehead atoms. The largest absolute Gasteiger partial charge is 0.349 e. The normalized spacial score (nSPS) is 17.2. The molecule has 0 saturated carbocycles. The maximum atomic E-state index is 12.8. The highest BCUT2D eigenvalue weighted by Crippen LogP contribution is 2.26. The summed E-state index contributed by atoms with van der Waals surface area (Å²) in [6.45, 7) is 2.72. The lowest BCUT2D eigenvalue weighted by atomic mass is 9.96. The quantitative estimate of drug-likeness (QED) is 0.767. The van der Waals surface area contributed by atoms with E-state index in [1.165, 1.54) is 16.4 Å². The number of piperidine rings is 1. The number of halogens is 1. The summed E-state index contributed by atoms with van der Waals surface area (Å²) in [5, 5.41) is 3.62. The second kappa shape index (κ2) is 9.07. The Balaban J connectivity index is 1.60. The van der Waals surface area contributed by atoms with Crippen molar-refractivity contribution in [3.63, 3.8) is 0 Å². The zero-order valence-electron chi connectivity index (χ0n) is 15.8. The van der Waals surface area contributed by atoms with Gasteiger partial charge in [-0.1, -0.05) is 48.9 Å². The number of benzene rings is 2. The Morgan fingerprint density at radius 1 is 1.11 bits per heavy atom. The van der Waals surface area contributed by atoms with Crippen molar-refractivity contribution in [2.75, 3.05) is 13.1 Å². The lowest BCUT2D eigenvalue weighted by Crippen LogP contribution is -2.43. The summed E-state index contributed by atoms with van der Waals surface area (Å²) in [5.74, 6) is -0.173. The molecule has 2 aromatic rings. The molecule has 150 valence electrons. The molecule has 2 aromatic carbocycles. The molecular weight excluding hydrogens is 396 g/mol. The lowest BCUT2D eigenvalue weighted by Gasteiger charge is -2.31. The minimum Gasteiger partial charge on any atom is -0.349 e. The van der Waals surface area contributed by atoms with E-state index < -0.39 is 10.0 Å². The molecule has 0 unspecified atom stereocenters. The molecule has 1 fully saturated rings. The Kier molecular flexibility index (Phi) is 6.75. The first-order chi connectivity index (χ1) is 13.4. The van der Waals surface area contributed by atoms with Crippen molar-refractivity contribution < 1.29 is 13.2 Å². The minimum absolute atomic E-state index is 0.000700. The molecule has 1 aliphatic rings. The van der Waals surface area contributed by atoms with E-state index in [-0.39, 0.29) is 22.8 Å². The summed E-state index contributed by atoms with van der Waals surface area (Å²) in [7, 11) is -3.56. The number of rotatable bonds is 6. The van der Waals surface area contributed by atoms with E-state index in [1.54, 1.807) is 12.1 Å². The molecule has 3 rings (SSSR count). The van der Waals surface area contributed by atoms with Gasteiger partial charge in [-0.3, -0.25) is 4.79 Å². The second-order valence-corrected chi connectivity index (χ2v) is 9.39. The fraction of sp³-hybridized carbons (Fsp3) is 0.381. The molecule has 1 amide bonds. The van der Waals surface area contributed by atoms with E-state index in [2.05, 4.69) is 5.32 Å². The number of nitrogens with zero attached hydrogens (tertiary/aromatic N) is 1. The van der Waals surface area contributed by atoms with Crippen molar-refractivity contribution in [1.29, 1.82) is 0 Å². The Labute approximate surface area is 171 Å². The maximum Gasteiger partial charge on any atom is 0.243 e. The first-order valence-electron chi connectivity index (χ1n) is 9.53. The Hall–Kier alpha value is -1.89. The van der Waals surface area contributed by atoms with Crippen LogP contribution in [0.25, 0.3) is 0 Å². The second-order valence-electron chi connectivity index (χ2n) is 7.01. The average molecular weight is 421 g/mol. The monoisotopic (exact) mass is 420 g/mol. The number of hydrogen-bond acceptors (Lipinski definition) is 3. The number of hydrogen-bond donors (Lipinski definition) is 1. The molecule has 7 heteroatoms. The summed E-state index contributed by atoms with van der Waals surface area (Å²) in [5.41, 5.74) is 1.08. The van der Waals surface area contributed by atoms with Crippen LogP contribution in [0.1, 0.15) is 37.8 Å².